The summed E-state index contributed by atoms with van der Waals surface area (Å²) in [5, 5.41) is 5.93. The SMILES string of the molecule is O=C1NCCCN(CC2CCCN2)C1=O. The number of rotatable bonds is 2. The van der Waals surface area contributed by atoms with Gasteiger partial charge in [-0.15, -0.1) is 0 Å². The molecule has 2 fully saturated rings. The predicted octanol–water partition coefficient (Wildman–Crippen LogP) is -0.913. The molecule has 1 unspecified atom stereocenters. The Morgan fingerprint density at radius 1 is 1.27 bits per heavy atom. The molecule has 0 aromatic carbocycles. The lowest BCUT2D eigenvalue weighted by Crippen LogP contribution is -2.45. The molecule has 0 aliphatic carbocycles. The van der Waals surface area contributed by atoms with E-state index in [1.807, 2.05) is 0 Å². The number of amides is 2. The number of nitrogens with one attached hydrogen (secondary N) is 2. The van der Waals surface area contributed by atoms with Crippen LogP contribution in [0.3, 0.4) is 0 Å². The number of hydrogen-bond acceptors (Lipinski definition) is 3. The van der Waals surface area contributed by atoms with Crippen molar-refractivity contribution in [2.24, 2.45) is 0 Å². The molecule has 2 aliphatic rings. The van der Waals surface area contributed by atoms with Crippen LogP contribution >= 0.6 is 0 Å². The van der Waals surface area contributed by atoms with E-state index in [-0.39, 0.29) is 5.91 Å². The van der Waals surface area contributed by atoms with E-state index in [0.717, 1.165) is 19.4 Å². The van der Waals surface area contributed by atoms with Crippen LogP contribution in [0.5, 0.6) is 0 Å². The summed E-state index contributed by atoms with van der Waals surface area (Å²) in [4.78, 5) is 24.6. The van der Waals surface area contributed by atoms with E-state index in [2.05, 4.69) is 10.6 Å². The summed E-state index contributed by atoms with van der Waals surface area (Å²) in [6.07, 6.45) is 3.12. The van der Waals surface area contributed by atoms with Gasteiger partial charge in [0.05, 0.1) is 0 Å². The zero-order valence-electron chi connectivity index (χ0n) is 8.79. The molecule has 2 heterocycles. The molecule has 84 valence electrons. The first-order chi connectivity index (χ1) is 7.27. The molecule has 2 amide bonds. The minimum atomic E-state index is -0.453. The van der Waals surface area contributed by atoms with Crippen LogP contribution in [0.15, 0.2) is 0 Å². The van der Waals surface area contributed by atoms with Gasteiger partial charge in [-0.3, -0.25) is 9.59 Å². The Hall–Kier alpha value is -1.10. The summed E-state index contributed by atoms with van der Waals surface area (Å²) in [6.45, 7) is 3.00. The maximum atomic E-state index is 11.6. The molecule has 5 nitrogen and oxygen atoms in total. The summed E-state index contributed by atoms with van der Waals surface area (Å²) in [5.74, 6) is -0.827. The first-order valence-corrected chi connectivity index (χ1v) is 5.58. The molecular formula is C10H17N3O2. The molecule has 1 atom stereocenters. The molecular weight excluding hydrogens is 194 g/mol. The van der Waals surface area contributed by atoms with Gasteiger partial charge >= 0.3 is 11.8 Å². The molecule has 2 N–H and O–H groups in total. The van der Waals surface area contributed by atoms with Crippen LogP contribution in [0.25, 0.3) is 0 Å². The van der Waals surface area contributed by atoms with Crippen molar-refractivity contribution in [1.82, 2.24) is 15.5 Å². The van der Waals surface area contributed by atoms with Crippen molar-refractivity contribution in [2.45, 2.75) is 25.3 Å². The molecule has 2 saturated heterocycles. The second kappa shape index (κ2) is 4.61. The summed E-state index contributed by atoms with van der Waals surface area (Å²) in [6, 6.07) is 0.375. The van der Waals surface area contributed by atoms with E-state index >= 15 is 0 Å². The van der Waals surface area contributed by atoms with Gasteiger partial charge in [0.25, 0.3) is 0 Å². The van der Waals surface area contributed by atoms with E-state index in [1.165, 1.54) is 6.42 Å². The summed E-state index contributed by atoms with van der Waals surface area (Å²) in [7, 11) is 0. The Morgan fingerprint density at radius 2 is 2.13 bits per heavy atom. The van der Waals surface area contributed by atoms with Gasteiger partial charge in [-0.1, -0.05) is 0 Å². The van der Waals surface area contributed by atoms with Crippen LogP contribution in [-0.2, 0) is 9.59 Å². The minimum absolute atomic E-state index is 0.374. The lowest BCUT2D eigenvalue weighted by atomic mass is 10.2. The topological polar surface area (TPSA) is 61.4 Å². The van der Waals surface area contributed by atoms with Gasteiger partial charge in [-0.25, -0.2) is 0 Å². The van der Waals surface area contributed by atoms with Crippen molar-refractivity contribution in [1.29, 1.82) is 0 Å². The second-order valence-electron chi connectivity index (χ2n) is 4.15. The smallest absolute Gasteiger partial charge is 0.311 e. The Bertz CT molecular complexity index is 261. The van der Waals surface area contributed by atoms with E-state index in [9.17, 15) is 9.59 Å². The van der Waals surface area contributed by atoms with Crippen molar-refractivity contribution < 1.29 is 9.59 Å². The van der Waals surface area contributed by atoms with Crippen LogP contribution in [0, 0.1) is 0 Å². The molecule has 0 aromatic heterocycles. The van der Waals surface area contributed by atoms with Crippen LogP contribution < -0.4 is 10.6 Å². The van der Waals surface area contributed by atoms with Crippen molar-refractivity contribution in [3.63, 3.8) is 0 Å². The first-order valence-electron chi connectivity index (χ1n) is 5.58. The molecule has 0 bridgehead atoms. The Morgan fingerprint density at radius 3 is 2.87 bits per heavy atom. The van der Waals surface area contributed by atoms with Crippen molar-refractivity contribution >= 4 is 11.8 Å². The Balaban J connectivity index is 1.93. The Labute approximate surface area is 89.2 Å². The maximum absolute atomic E-state index is 11.6. The summed E-state index contributed by atoms with van der Waals surface area (Å²) >= 11 is 0. The van der Waals surface area contributed by atoms with Gasteiger partial charge in [-0.05, 0) is 25.8 Å². The van der Waals surface area contributed by atoms with Crippen LogP contribution in [0.1, 0.15) is 19.3 Å². The molecule has 15 heavy (non-hydrogen) atoms. The first kappa shape index (κ1) is 10.4. The monoisotopic (exact) mass is 211 g/mol. The van der Waals surface area contributed by atoms with Crippen molar-refractivity contribution in [3.05, 3.63) is 0 Å². The zero-order valence-corrected chi connectivity index (χ0v) is 8.79. The molecule has 2 rings (SSSR count). The molecule has 0 radical (unpaired) electrons. The number of carbonyl (C=O) groups excluding carboxylic acids is 2. The van der Waals surface area contributed by atoms with Crippen molar-refractivity contribution in [2.75, 3.05) is 26.2 Å². The predicted molar refractivity (Wildman–Crippen MR) is 55.2 cm³/mol. The third kappa shape index (κ3) is 2.47. The maximum Gasteiger partial charge on any atom is 0.311 e. The third-order valence-corrected chi connectivity index (χ3v) is 2.97. The highest BCUT2D eigenvalue weighted by molar-refractivity contribution is 6.35. The second-order valence-corrected chi connectivity index (χ2v) is 4.15. The quantitative estimate of drug-likeness (QED) is 0.581. The summed E-state index contributed by atoms with van der Waals surface area (Å²) in [5.41, 5.74) is 0. The molecule has 2 aliphatic heterocycles. The highest BCUT2D eigenvalue weighted by Crippen LogP contribution is 2.08. The highest BCUT2D eigenvalue weighted by atomic mass is 16.2. The average Bonchev–Trinajstić information content (AvgIpc) is 2.68. The minimum Gasteiger partial charge on any atom is -0.348 e. The molecule has 0 aromatic rings. The number of hydrogen-bond donors (Lipinski definition) is 2. The van der Waals surface area contributed by atoms with Gasteiger partial charge in [0.15, 0.2) is 0 Å². The van der Waals surface area contributed by atoms with Gasteiger partial charge in [0.2, 0.25) is 0 Å². The average molecular weight is 211 g/mol. The van der Waals surface area contributed by atoms with E-state index in [4.69, 9.17) is 0 Å². The van der Waals surface area contributed by atoms with Gasteiger partial charge in [0.1, 0.15) is 0 Å². The summed E-state index contributed by atoms with van der Waals surface area (Å²) < 4.78 is 0. The lowest BCUT2D eigenvalue weighted by Gasteiger charge is -2.22. The van der Waals surface area contributed by atoms with Gasteiger partial charge in [0, 0.05) is 25.7 Å². The largest absolute Gasteiger partial charge is 0.348 e. The van der Waals surface area contributed by atoms with Crippen LogP contribution in [0.4, 0.5) is 0 Å². The van der Waals surface area contributed by atoms with E-state index in [1.54, 1.807) is 4.90 Å². The molecule has 0 spiro atoms. The third-order valence-electron chi connectivity index (χ3n) is 2.97. The highest BCUT2D eigenvalue weighted by Gasteiger charge is 2.27. The van der Waals surface area contributed by atoms with Gasteiger partial charge in [-0.2, -0.15) is 0 Å². The van der Waals surface area contributed by atoms with Crippen LogP contribution in [0.2, 0.25) is 0 Å². The fourth-order valence-electron chi connectivity index (χ4n) is 2.15. The van der Waals surface area contributed by atoms with Crippen LogP contribution in [-0.4, -0.2) is 48.9 Å². The number of carbonyl (C=O) groups is 2. The lowest BCUT2D eigenvalue weighted by molar-refractivity contribution is -0.145. The molecule has 5 heteroatoms. The zero-order chi connectivity index (χ0) is 10.7. The van der Waals surface area contributed by atoms with Crippen molar-refractivity contribution in [3.8, 4) is 0 Å². The normalized spacial score (nSPS) is 27.7. The fraction of sp³-hybridized carbons (Fsp3) is 0.800. The van der Waals surface area contributed by atoms with E-state index in [0.29, 0.717) is 25.7 Å². The van der Waals surface area contributed by atoms with E-state index < -0.39 is 5.91 Å². The fourth-order valence-corrected chi connectivity index (χ4v) is 2.15. The van der Waals surface area contributed by atoms with Gasteiger partial charge < -0.3 is 15.5 Å². The number of nitrogens with zero attached hydrogens (tertiary/aromatic N) is 1. The molecule has 0 saturated carbocycles. The Kier molecular flexibility index (Phi) is 3.20. The standard InChI is InChI=1S/C10H17N3O2/c14-9-10(15)13(6-2-5-12-9)7-8-3-1-4-11-8/h8,11H,1-7H2,(H,12,14).